The summed E-state index contributed by atoms with van der Waals surface area (Å²) in [6, 6.07) is 7.47. The molecule has 1 aliphatic heterocycles. The average Bonchev–Trinajstić information content (AvgIpc) is 3.40. The summed E-state index contributed by atoms with van der Waals surface area (Å²) in [6.45, 7) is 5.41. The molecule has 3 aromatic rings. The van der Waals surface area contributed by atoms with E-state index in [1.165, 1.54) is 6.33 Å². The van der Waals surface area contributed by atoms with Gasteiger partial charge in [-0.3, -0.25) is 4.79 Å². The summed E-state index contributed by atoms with van der Waals surface area (Å²) >= 11 is 0. The number of nitrogens with zero attached hydrogens (tertiary/aromatic N) is 6. The maximum atomic E-state index is 13.1. The van der Waals surface area contributed by atoms with Gasteiger partial charge in [-0.1, -0.05) is 31.1 Å². The highest BCUT2D eigenvalue weighted by molar-refractivity contribution is 5.97. The molecule has 1 aromatic carbocycles. The molecule has 1 fully saturated rings. The van der Waals surface area contributed by atoms with Gasteiger partial charge >= 0.3 is 0 Å². The number of carbonyl (C=O) groups excluding carboxylic acids is 1. The molecule has 4 rings (SSSR count). The number of hydrogen-bond donors (Lipinski definition) is 0. The largest absolute Gasteiger partial charge is 0.339 e. The predicted molar refractivity (Wildman–Crippen MR) is 97.6 cm³/mol. The fourth-order valence-corrected chi connectivity index (χ4v) is 3.33. The van der Waals surface area contributed by atoms with Crippen LogP contribution in [0.2, 0.25) is 0 Å². The molecule has 8 heteroatoms. The molecule has 0 bridgehead atoms. The van der Waals surface area contributed by atoms with E-state index in [-0.39, 0.29) is 17.7 Å². The molecule has 8 nitrogen and oxygen atoms in total. The second-order valence-corrected chi connectivity index (χ2v) is 7.07. The summed E-state index contributed by atoms with van der Waals surface area (Å²) < 4.78 is 7.05. The minimum Gasteiger partial charge on any atom is -0.339 e. The summed E-state index contributed by atoms with van der Waals surface area (Å²) in [5, 5.41) is 8.20. The second kappa shape index (κ2) is 7.30. The minimum atomic E-state index is 0.00736. The molecule has 1 aliphatic rings. The molecular formula is C19H22N6O2. The van der Waals surface area contributed by atoms with Crippen molar-refractivity contribution in [1.29, 1.82) is 0 Å². The fraction of sp³-hybridized carbons (Fsp3) is 0.421. The van der Waals surface area contributed by atoms with E-state index in [0.29, 0.717) is 24.5 Å². The van der Waals surface area contributed by atoms with Crippen molar-refractivity contribution >= 4 is 5.91 Å². The smallest absolute Gasteiger partial charge is 0.256 e. The monoisotopic (exact) mass is 366 g/mol. The van der Waals surface area contributed by atoms with E-state index < -0.39 is 0 Å². The summed E-state index contributed by atoms with van der Waals surface area (Å²) in [7, 11) is 0. The van der Waals surface area contributed by atoms with Gasteiger partial charge in [0.05, 0.1) is 11.3 Å². The summed E-state index contributed by atoms with van der Waals surface area (Å²) in [4.78, 5) is 23.4. The molecular weight excluding hydrogens is 344 g/mol. The molecule has 0 N–H and O–H groups in total. The number of carbonyl (C=O) groups is 1. The molecule has 0 spiro atoms. The van der Waals surface area contributed by atoms with Crippen molar-refractivity contribution in [2.75, 3.05) is 13.1 Å². The Bertz CT molecular complexity index is 910. The number of benzene rings is 1. The topological polar surface area (TPSA) is 89.9 Å². The number of aromatic nitrogens is 5. The molecule has 2 aromatic heterocycles. The lowest BCUT2D eigenvalue weighted by Gasteiger charge is -2.30. The van der Waals surface area contributed by atoms with Gasteiger partial charge in [-0.25, -0.2) is 9.67 Å². The highest BCUT2D eigenvalue weighted by Crippen LogP contribution is 2.29. The molecule has 27 heavy (non-hydrogen) atoms. The molecule has 0 saturated carbocycles. The molecule has 0 atom stereocenters. The average molecular weight is 366 g/mol. The van der Waals surface area contributed by atoms with E-state index in [0.717, 1.165) is 24.4 Å². The van der Waals surface area contributed by atoms with E-state index >= 15 is 0 Å². The van der Waals surface area contributed by atoms with Crippen LogP contribution in [0.3, 0.4) is 0 Å². The Balaban J connectivity index is 1.46. The first kappa shape index (κ1) is 17.4. The Morgan fingerprint density at radius 2 is 2.00 bits per heavy atom. The zero-order valence-corrected chi connectivity index (χ0v) is 15.4. The van der Waals surface area contributed by atoms with Crippen molar-refractivity contribution in [3.8, 4) is 5.69 Å². The minimum absolute atomic E-state index is 0.00736. The predicted octanol–water partition coefficient (Wildman–Crippen LogP) is 2.79. The fourth-order valence-electron chi connectivity index (χ4n) is 3.33. The second-order valence-electron chi connectivity index (χ2n) is 7.07. The first-order valence-corrected chi connectivity index (χ1v) is 9.20. The molecule has 3 heterocycles. The number of rotatable bonds is 4. The first-order chi connectivity index (χ1) is 13.1. The zero-order valence-electron chi connectivity index (χ0n) is 15.4. The van der Waals surface area contributed by atoms with Gasteiger partial charge in [0, 0.05) is 24.9 Å². The highest BCUT2D eigenvalue weighted by atomic mass is 16.5. The van der Waals surface area contributed by atoms with Crippen LogP contribution in [0.1, 0.15) is 60.6 Å². The normalized spacial score (nSPS) is 15.4. The molecule has 1 saturated heterocycles. The van der Waals surface area contributed by atoms with E-state index in [1.54, 1.807) is 11.0 Å². The van der Waals surface area contributed by atoms with Gasteiger partial charge in [0.1, 0.15) is 12.7 Å². The van der Waals surface area contributed by atoms with Crippen LogP contribution in [-0.4, -0.2) is 48.8 Å². The Morgan fingerprint density at radius 1 is 1.22 bits per heavy atom. The highest BCUT2D eigenvalue weighted by Gasteiger charge is 2.29. The van der Waals surface area contributed by atoms with Gasteiger partial charge in [0.25, 0.3) is 5.91 Å². The number of amides is 1. The third-order valence-electron chi connectivity index (χ3n) is 4.91. The van der Waals surface area contributed by atoms with Crippen molar-refractivity contribution in [2.24, 2.45) is 0 Å². The van der Waals surface area contributed by atoms with Gasteiger partial charge in [-0.15, -0.1) is 0 Å². The van der Waals surface area contributed by atoms with Crippen molar-refractivity contribution in [1.82, 2.24) is 29.8 Å². The summed E-state index contributed by atoms with van der Waals surface area (Å²) in [5.74, 6) is 1.89. The maximum Gasteiger partial charge on any atom is 0.256 e. The Hall–Kier alpha value is -3.03. The Morgan fingerprint density at radius 3 is 2.67 bits per heavy atom. The Labute approximate surface area is 157 Å². The van der Waals surface area contributed by atoms with E-state index in [2.05, 4.69) is 20.2 Å². The van der Waals surface area contributed by atoms with E-state index in [9.17, 15) is 4.79 Å². The zero-order chi connectivity index (χ0) is 18.8. The standard InChI is InChI=1S/C19H22N6O2/c1-13(2)17-22-18(27-23-17)14-7-9-24(10-8-14)19(26)15-5-3-4-6-16(15)25-12-20-11-21-25/h3-6,11-14H,7-10H2,1-2H3. The number of piperidine rings is 1. The SMILES string of the molecule is CC(C)c1noc(C2CCN(C(=O)c3ccccc3-n3cncn3)CC2)n1. The van der Waals surface area contributed by atoms with Crippen molar-refractivity contribution < 1.29 is 9.32 Å². The Kier molecular flexibility index (Phi) is 4.70. The van der Waals surface area contributed by atoms with Crippen LogP contribution in [0.5, 0.6) is 0 Å². The van der Waals surface area contributed by atoms with Crippen molar-refractivity contribution in [2.45, 2.75) is 38.5 Å². The first-order valence-electron chi connectivity index (χ1n) is 9.20. The van der Waals surface area contributed by atoms with Crippen LogP contribution >= 0.6 is 0 Å². The van der Waals surface area contributed by atoms with Crippen LogP contribution in [-0.2, 0) is 0 Å². The molecule has 1 amide bonds. The third kappa shape index (κ3) is 3.47. The van der Waals surface area contributed by atoms with Crippen LogP contribution in [0.25, 0.3) is 5.69 Å². The molecule has 0 radical (unpaired) electrons. The lowest BCUT2D eigenvalue weighted by Crippen LogP contribution is -2.38. The molecule has 140 valence electrons. The van der Waals surface area contributed by atoms with Crippen LogP contribution < -0.4 is 0 Å². The summed E-state index contributed by atoms with van der Waals surface area (Å²) in [6.07, 6.45) is 4.69. The maximum absolute atomic E-state index is 13.1. The van der Waals surface area contributed by atoms with E-state index in [4.69, 9.17) is 4.52 Å². The van der Waals surface area contributed by atoms with Gasteiger partial charge in [0.15, 0.2) is 5.82 Å². The van der Waals surface area contributed by atoms with Gasteiger partial charge in [-0.05, 0) is 25.0 Å². The third-order valence-corrected chi connectivity index (χ3v) is 4.91. The number of hydrogen-bond acceptors (Lipinski definition) is 6. The van der Waals surface area contributed by atoms with Crippen molar-refractivity contribution in [3.05, 3.63) is 54.2 Å². The molecule has 0 unspecified atom stereocenters. The van der Waals surface area contributed by atoms with Crippen LogP contribution in [0.4, 0.5) is 0 Å². The van der Waals surface area contributed by atoms with E-state index in [1.807, 2.05) is 43.0 Å². The van der Waals surface area contributed by atoms with Crippen LogP contribution in [0, 0.1) is 0 Å². The summed E-state index contributed by atoms with van der Waals surface area (Å²) in [5.41, 5.74) is 1.36. The molecule has 0 aliphatic carbocycles. The van der Waals surface area contributed by atoms with Gasteiger partial charge in [-0.2, -0.15) is 10.1 Å². The lowest BCUT2D eigenvalue weighted by atomic mass is 9.96. The number of likely N-dealkylation sites (tertiary alicyclic amines) is 1. The van der Waals surface area contributed by atoms with Crippen LogP contribution in [0.15, 0.2) is 41.4 Å². The van der Waals surface area contributed by atoms with Crippen molar-refractivity contribution in [3.63, 3.8) is 0 Å². The lowest BCUT2D eigenvalue weighted by molar-refractivity contribution is 0.0704. The van der Waals surface area contributed by atoms with Gasteiger partial charge < -0.3 is 9.42 Å². The van der Waals surface area contributed by atoms with Gasteiger partial charge in [0.2, 0.25) is 5.89 Å². The number of para-hydroxylation sites is 1. The quantitative estimate of drug-likeness (QED) is 0.705.